The number of ether oxygens (including phenoxy) is 1. The van der Waals surface area contributed by atoms with E-state index in [1.165, 1.54) is 30.5 Å². The van der Waals surface area contributed by atoms with Gasteiger partial charge in [0.05, 0.1) is 4.90 Å². The van der Waals surface area contributed by atoms with Crippen molar-refractivity contribution in [1.82, 2.24) is 0 Å². The second-order valence-electron chi connectivity index (χ2n) is 2.21. The van der Waals surface area contributed by atoms with Crippen LogP contribution in [0, 0.1) is 11.5 Å². The van der Waals surface area contributed by atoms with Crippen molar-refractivity contribution in [3.05, 3.63) is 24.3 Å². The van der Waals surface area contributed by atoms with Crippen LogP contribution in [-0.4, -0.2) is 8.42 Å². The van der Waals surface area contributed by atoms with E-state index in [9.17, 15) is 8.42 Å². The topological polar surface area (TPSA) is 93.2 Å². The number of nitrogens with zero attached hydrogens (tertiary/aromatic N) is 1. The van der Waals surface area contributed by atoms with Gasteiger partial charge in [-0.2, -0.15) is 0 Å². The molecule has 0 aliphatic rings. The molecule has 13 heavy (non-hydrogen) atoms. The Bertz CT molecular complexity index is 430. The molecule has 0 amide bonds. The lowest BCUT2D eigenvalue weighted by molar-refractivity contribution is 0.506. The second-order valence-corrected chi connectivity index (χ2v) is 3.77. The van der Waals surface area contributed by atoms with Gasteiger partial charge in [0.25, 0.3) is 6.26 Å². The summed E-state index contributed by atoms with van der Waals surface area (Å²) in [6.07, 6.45) is 1.46. The highest BCUT2D eigenvalue weighted by molar-refractivity contribution is 7.89. The zero-order chi connectivity index (χ0) is 9.90. The smallest absolute Gasteiger partial charge is 0.292 e. The van der Waals surface area contributed by atoms with E-state index in [4.69, 9.17) is 10.4 Å². The molecule has 0 saturated heterocycles. The van der Waals surface area contributed by atoms with Gasteiger partial charge in [-0.25, -0.2) is 13.6 Å². The van der Waals surface area contributed by atoms with Gasteiger partial charge in [-0.15, -0.1) is 5.26 Å². The maximum Gasteiger partial charge on any atom is 0.292 e. The van der Waals surface area contributed by atoms with E-state index < -0.39 is 10.0 Å². The summed E-state index contributed by atoms with van der Waals surface area (Å²) in [5.41, 5.74) is 0. The van der Waals surface area contributed by atoms with Crippen LogP contribution in [0.3, 0.4) is 0 Å². The molecule has 0 aromatic heterocycles. The molecule has 0 heterocycles. The monoisotopic (exact) mass is 198 g/mol. The Labute approximate surface area is 75.4 Å². The molecule has 1 aromatic carbocycles. The first kappa shape index (κ1) is 9.51. The number of primary sulfonamides is 1. The first-order valence-electron chi connectivity index (χ1n) is 3.23. The summed E-state index contributed by atoms with van der Waals surface area (Å²) in [6, 6.07) is 5.23. The molecule has 0 radical (unpaired) electrons. The van der Waals surface area contributed by atoms with Crippen molar-refractivity contribution in [1.29, 1.82) is 5.26 Å². The Morgan fingerprint density at radius 1 is 1.31 bits per heavy atom. The lowest BCUT2D eigenvalue weighted by Crippen LogP contribution is -2.11. The van der Waals surface area contributed by atoms with Gasteiger partial charge in [-0.1, -0.05) is 0 Å². The maximum absolute atomic E-state index is 10.8. The fourth-order valence-electron chi connectivity index (χ4n) is 0.750. The molecule has 0 atom stereocenters. The van der Waals surface area contributed by atoms with Crippen molar-refractivity contribution < 1.29 is 13.2 Å². The minimum Gasteiger partial charge on any atom is -0.388 e. The average Bonchev–Trinajstić information content (AvgIpc) is 2.04. The highest BCUT2D eigenvalue weighted by Crippen LogP contribution is 2.14. The molecule has 1 aromatic rings. The quantitative estimate of drug-likeness (QED) is 0.686. The first-order chi connectivity index (χ1) is 6.04. The third kappa shape index (κ3) is 2.43. The molecule has 0 spiro atoms. The van der Waals surface area contributed by atoms with E-state index >= 15 is 0 Å². The van der Waals surface area contributed by atoms with Gasteiger partial charge in [0.1, 0.15) is 5.75 Å². The SMILES string of the molecule is N#COc1ccc(S(N)(=O)=O)cc1. The molecule has 2 N–H and O–H groups in total. The van der Waals surface area contributed by atoms with E-state index in [0.717, 1.165) is 0 Å². The average molecular weight is 198 g/mol. The molecule has 5 nitrogen and oxygen atoms in total. The van der Waals surface area contributed by atoms with Crippen molar-refractivity contribution in [3.63, 3.8) is 0 Å². The van der Waals surface area contributed by atoms with Gasteiger partial charge in [0, 0.05) is 0 Å². The largest absolute Gasteiger partial charge is 0.388 e. The molecule has 0 bridgehead atoms. The van der Waals surface area contributed by atoms with Gasteiger partial charge in [0.2, 0.25) is 10.0 Å². The normalized spacial score (nSPS) is 10.5. The first-order valence-corrected chi connectivity index (χ1v) is 4.77. The molecule has 0 aliphatic heterocycles. The minimum atomic E-state index is -3.67. The van der Waals surface area contributed by atoms with E-state index in [-0.39, 0.29) is 10.6 Å². The second kappa shape index (κ2) is 3.43. The van der Waals surface area contributed by atoms with Crippen LogP contribution in [-0.2, 0) is 10.0 Å². The molecule has 0 unspecified atom stereocenters. The standard InChI is InChI=1S/C7H6N2O3S/c8-5-12-6-1-3-7(4-2-6)13(9,10)11/h1-4H,(H2,9,10,11). The third-order valence-electron chi connectivity index (χ3n) is 1.32. The summed E-state index contributed by atoms with van der Waals surface area (Å²) in [4.78, 5) is -0.0159. The van der Waals surface area contributed by atoms with E-state index in [1.807, 2.05) is 0 Å². The number of rotatable bonds is 2. The number of sulfonamides is 1. The Hall–Kier alpha value is -1.58. The predicted octanol–water partition coefficient (Wildman–Crippen LogP) is 0.194. The number of benzene rings is 1. The van der Waals surface area contributed by atoms with Crippen LogP contribution in [0.15, 0.2) is 29.2 Å². The van der Waals surface area contributed by atoms with E-state index in [2.05, 4.69) is 4.74 Å². The molecule has 68 valence electrons. The minimum absolute atomic E-state index is 0.0159. The Balaban J connectivity index is 3.03. The molecule has 1 rings (SSSR count). The van der Waals surface area contributed by atoms with Crippen LogP contribution >= 0.6 is 0 Å². The van der Waals surface area contributed by atoms with Crippen molar-refractivity contribution in [2.45, 2.75) is 4.90 Å². The summed E-state index contributed by atoms with van der Waals surface area (Å²) in [5.74, 6) is 0.273. The summed E-state index contributed by atoms with van der Waals surface area (Å²) in [6.45, 7) is 0. The predicted molar refractivity (Wildman–Crippen MR) is 44.1 cm³/mol. The van der Waals surface area contributed by atoms with Crippen molar-refractivity contribution >= 4 is 10.0 Å². The van der Waals surface area contributed by atoms with Crippen LogP contribution in [0.25, 0.3) is 0 Å². The number of nitrogens with two attached hydrogens (primary N) is 1. The molecular weight excluding hydrogens is 192 g/mol. The number of hydrogen-bond donors (Lipinski definition) is 1. The molecule has 6 heteroatoms. The summed E-state index contributed by atoms with van der Waals surface area (Å²) in [5, 5.41) is 13.0. The van der Waals surface area contributed by atoms with Gasteiger partial charge in [-0.3, -0.25) is 0 Å². The highest BCUT2D eigenvalue weighted by Gasteiger charge is 2.06. The zero-order valence-corrected chi connectivity index (χ0v) is 7.28. The Morgan fingerprint density at radius 3 is 2.23 bits per heavy atom. The number of hydrogen-bond acceptors (Lipinski definition) is 4. The van der Waals surface area contributed by atoms with Gasteiger partial charge < -0.3 is 4.74 Å². The molecule has 0 aliphatic carbocycles. The third-order valence-corrected chi connectivity index (χ3v) is 2.24. The van der Waals surface area contributed by atoms with Gasteiger partial charge in [0.15, 0.2) is 0 Å². The Kier molecular flexibility index (Phi) is 2.51. The van der Waals surface area contributed by atoms with E-state index in [0.29, 0.717) is 0 Å². The van der Waals surface area contributed by atoms with Crippen LogP contribution in [0.5, 0.6) is 5.75 Å². The summed E-state index contributed by atoms with van der Waals surface area (Å²) >= 11 is 0. The fourth-order valence-corrected chi connectivity index (χ4v) is 1.27. The van der Waals surface area contributed by atoms with Gasteiger partial charge >= 0.3 is 0 Å². The van der Waals surface area contributed by atoms with Crippen LogP contribution in [0.2, 0.25) is 0 Å². The molecule has 0 saturated carbocycles. The number of nitriles is 1. The highest BCUT2D eigenvalue weighted by atomic mass is 32.2. The lowest BCUT2D eigenvalue weighted by Gasteiger charge is -1.98. The van der Waals surface area contributed by atoms with Crippen LogP contribution in [0.4, 0.5) is 0 Å². The van der Waals surface area contributed by atoms with Crippen LogP contribution in [0.1, 0.15) is 0 Å². The van der Waals surface area contributed by atoms with Crippen molar-refractivity contribution in [3.8, 4) is 12.0 Å². The van der Waals surface area contributed by atoms with Crippen molar-refractivity contribution in [2.75, 3.05) is 0 Å². The maximum atomic E-state index is 10.8. The zero-order valence-electron chi connectivity index (χ0n) is 6.47. The van der Waals surface area contributed by atoms with Crippen LogP contribution < -0.4 is 9.88 Å². The fraction of sp³-hybridized carbons (Fsp3) is 0. The lowest BCUT2D eigenvalue weighted by atomic mass is 10.3. The van der Waals surface area contributed by atoms with Gasteiger partial charge in [-0.05, 0) is 24.3 Å². The van der Waals surface area contributed by atoms with E-state index in [1.54, 1.807) is 0 Å². The molecular formula is C7H6N2O3S. The summed E-state index contributed by atoms with van der Waals surface area (Å²) < 4.78 is 26.0. The molecule has 0 fully saturated rings. The Morgan fingerprint density at radius 2 is 1.85 bits per heavy atom. The van der Waals surface area contributed by atoms with Crippen molar-refractivity contribution in [2.24, 2.45) is 5.14 Å². The summed E-state index contributed by atoms with van der Waals surface area (Å²) in [7, 11) is -3.67.